The van der Waals surface area contributed by atoms with Gasteiger partial charge in [-0.1, -0.05) is 37.6 Å². The van der Waals surface area contributed by atoms with Gasteiger partial charge < -0.3 is 15.1 Å². The highest BCUT2D eigenvalue weighted by Crippen LogP contribution is 2.31. The molecule has 0 saturated carbocycles. The van der Waals surface area contributed by atoms with Gasteiger partial charge in [-0.05, 0) is 30.7 Å². The standard InChI is InChI=1S/C23H28N4O2/c1-2-7-17(28)16-26-12-14-27(15-13-26)23-18-8-3-5-10-20(18)24-22(25-23)19-9-4-6-11-21(19)29/h3-6,8-11,17,28-29H,2,7,12-16H2,1H3. The molecule has 1 aliphatic rings. The third kappa shape index (κ3) is 4.33. The maximum atomic E-state index is 10.3. The molecular formula is C23H28N4O2. The lowest BCUT2D eigenvalue weighted by molar-refractivity contribution is 0.101. The van der Waals surface area contributed by atoms with Crippen molar-refractivity contribution in [3.63, 3.8) is 0 Å². The SMILES string of the molecule is CCCC(O)CN1CCN(c2nc(-c3ccccc3O)nc3ccccc23)CC1. The first kappa shape index (κ1) is 19.6. The van der Waals surface area contributed by atoms with Crippen LogP contribution in [-0.4, -0.2) is 63.9 Å². The van der Waals surface area contributed by atoms with Gasteiger partial charge in [-0.2, -0.15) is 0 Å². The third-order valence-corrected chi connectivity index (χ3v) is 5.49. The number of phenolic OH excluding ortho intramolecular Hbond substituents is 1. The Kier molecular flexibility index (Phi) is 5.92. The van der Waals surface area contributed by atoms with Crippen LogP contribution < -0.4 is 4.90 Å². The predicted molar refractivity (Wildman–Crippen MR) is 116 cm³/mol. The zero-order valence-electron chi connectivity index (χ0n) is 16.8. The van der Waals surface area contributed by atoms with E-state index in [1.807, 2.05) is 30.3 Å². The summed E-state index contributed by atoms with van der Waals surface area (Å²) in [6.07, 6.45) is 1.60. The first-order chi connectivity index (χ1) is 14.2. The van der Waals surface area contributed by atoms with Gasteiger partial charge in [0, 0.05) is 38.1 Å². The second-order valence-electron chi connectivity index (χ2n) is 7.64. The molecule has 2 aromatic carbocycles. The van der Waals surface area contributed by atoms with Crippen molar-refractivity contribution >= 4 is 16.7 Å². The average molecular weight is 393 g/mol. The van der Waals surface area contributed by atoms with Crippen molar-refractivity contribution in [2.75, 3.05) is 37.6 Å². The molecule has 0 amide bonds. The number of aliphatic hydroxyl groups excluding tert-OH is 1. The normalized spacial score (nSPS) is 16.3. The first-order valence-electron chi connectivity index (χ1n) is 10.4. The fourth-order valence-electron chi connectivity index (χ4n) is 3.95. The van der Waals surface area contributed by atoms with Gasteiger partial charge in [-0.15, -0.1) is 0 Å². The smallest absolute Gasteiger partial charge is 0.165 e. The molecule has 2 N–H and O–H groups in total. The monoisotopic (exact) mass is 392 g/mol. The Morgan fingerprint density at radius 2 is 1.69 bits per heavy atom. The highest BCUT2D eigenvalue weighted by molar-refractivity contribution is 5.91. The van der Waals surface area contributed by atoms with Crippen LogP contribution >= 0.6 is 0 Å². The fourth-order valence-corrected chi connectivity index (χ4v) is 3.95. The van der Waals surface area contributed by atoms with E-state index >= 15 is 0 Å². The number of piperazine rings is 1. The number of rotatable bonds is 6. The van der Waals surface area contributed by atoms with Crippen LogP contribution in [0.5, 0.6) is 5.75 Å². The summed E-state index contributed by atoms with van der Waals surface area (Å²) < 4.78 is 0. The van der Waals surface area contributed by atoms with E-state index in [0.717, 1.165) is 62.3 Å². The third-order valence-electron chi connectivity index (χ3n) is 5.49. The van der Waals surface area contributed by atoms with Crippen molar-refractivity contribution in [1.29, 1.82) is 0 Å². The summed E-state index contributed by atoms with van der Waals surface area (Å²) in [7, 11) is 0. The van der Waals surface area contributed by atoms with Crippen LogP contribution in [0, 0.1) is 0 Å². The van der Waals surface area contributed by atoms with Crippen molar-refractivity contribution in [3.05, 3.63) is 48.5 Å². The number of β-amino-alcohol motifs (C(OH)–C–C–N with tert-alkyl or cyclic N) is 1. The van der Waals surface area contributed by atoms with Gasteiger partial charge in [-0.25, -0.2) is 9.97 Å². The molecular weight excluding hydrogens is 364 g/mol. The van der Waals surface area contributed by atoms with Crippen LogP contribution in [0.2, 0.25) is 0 Å². The number of benzene rings is 2. The number of hydrogen-bond acceptors (Lipinski definition) is 6. The molecule has 6 heteroatoms. The predicted octanol–water partition coefficient (Wildman–Crippen LogP) is 3.29. The van der Waals surface area contributed by atoms with Crippen LogP contribution in [0.15, 0.2) is 48.5 Å². The molecule has 0 bridgehead atoms. The summed E-state index contributed by atoms with van der Waals surface area (Å²) in [5, 5.41) is 21.4. The zero-order valence-corrected chi connectivity index (χ0v) is 16.8. The van der Waals surface area contributed by atoms with Crippen molar-refractivity contribution in [2.45, 2.75) is 25.9 Å². The molecule has 0 spiro atoms. The lowest BCUT2D eigenvalue weighted by Crippen LogP contribution is -2.48. The second-order valence-corrected chi connectivity index (χ2v) is 7.64. The second kappa shape index (κ2) is 8.76. The molecule has 0 radical (unpaired) electrons. The molecule has 3 aromatic rings. The molecule has 1 atom stereocenters. The van der Waals surface area contributed by atoms with E-state index in [-0.39, 0.29) is 11.9 Å². The topological polar surface area (TPSA) is 72.7 Å². The number of aliphatic hydroxyl groups is 1. The number of aromatic nitrogens is 2. The van der Waals surface area contributed by atoms with E-state index in [1.54, 1.807) is 12.1 Å². The van der Waals surface area contributed by atoms with E-state index in [0.29, 0.717) is 11.4 Å². The summed E-state index contributed by atoms with van der Waals surface area (Å²) in [5.74, 6) is 1.63. The minimum absolute atomic E-state index is 0.184. The Bertz CT molecular complexity index is 970. The largest absolute Gasteiger partial charge is 0.507 e. The van der Waals surface area contributed by atoms with Gasteiger partial charge in [-0.3, -0.25) is 4.90 Å². The molecule has 152 valence electrons. The maximum Gasteiger partial charge on any atom is 0.165 e. The van der Waals surface area contributed by atoms with Crippen LogP contribution in [-0.2, 0) is 0 Å². The number of fused-ring (bicyclic) bond motifs is 1. The van der Waals surface area contributed by atoms with E-state index < -0.39 is 0 Å². The summed E-state index contributed by atoms with van der Waals surface area (Å²) in [6.45, 7) is 6.31. The van der Waals surface area contributed by atoms with Gasteiger partial charge >= 0.3 is 0 Å². The van der Waals surface area contributed by atoms with Gasteiger partial charge in [0.2, 0.25) is 0 Å². The number of phenols is 1. The molecule has 4 rings (SSSR count). The molecule has 2 heterocycles. The summed E-state index contributed by atoms with van der Waals surface area (Å²) in [5.41, 5.74) is 1.51. The molecule has 29 heavy (non-hydrogen) atoms. The summed E-state index contributed by atoms with van der Waals surface area (Å²) in [6, 6.07) is 15.2. The molecule has 1 saturated heterocycles. The van der Waals surface area contributed by atoms with Crippen molar-refractivity contribution in [2.24, 2.45) is 0 Å². The van der Waals surface area contributed by atoms with Gasteiger partial charge in [0.1, 0.15) is 11.6 Å². The van der Waals surface area contributed by atoms with Gasteiger partial charge in [0.15, 0.2) is 5.82 Å². The van der Waals surface area contributed by atoms with E-state index in [2.05, 4.69) is 22.8 Å². The lowest BCUT2D eigenvalue weighted by Gasteiger charge is -2.36. The van der Waals surface area contributed by atoms with Crippen LogP contribution in [0.25, 0.3) is 22.3 Å². The molecule has 1 aliphatic heterocycles. The summed E-state index contributed by atoms with van der Waals surface area (Å²) in [4.78, 5) is 14.2. The van der Waals surface area contributed by atoms with Crippen LogP contribution in [0.1, 0.15) is 19.8 Å². The Balaban J connectivity index is 1.61. The van der Waals surface area contributed by atoms with Gasteiger partial charge in [0.05, 0.1) is 17.2 Å². The van der Waals surface area contributed by atoms with E-state index in [9.17, 15) is 10.2 Å². The highest BCUT2D eigenvalue weighted by Gasteiger charge is 2.22. The number of anilines is 1. The Morgan fingerprint density at radius 3 is 2.45 bits per heavy atom. The quantitative estimate of drug-likeness (QED) is 0.671. The molecule has 1 aromatic heterocycles. The minimum Gasteiger partial charge on any atom is -0.507 e. The molecule has 1 unspecified atom stereocenters. The Morgan fingerprint density at radius 1 is 0.966 bits per heavy atom. The van der Waals surface area contributed by atoms with Crippen LogP contribution in [0.4, 0.5) is 5.82 Å². The van der Waals surface area contributed by atoms with Crippen LogP contribution in [0.3, 0.4) is 0 Å². The number of hydrogen-bond donors (Lipinski definition) is 2. The van der Waals surface area contributed by atoms with Crippen molar-refractivity contribution in [1.82, 2.24) is 14.9 Å². The molecule has 1 fully saturated rings. The minimum atomic E-state index is -0.251. The van der Waals surface area contributed by atoms with E-state index in [4.69, 9.17) is 9.97 Å². The number of aromatic hydroxyl groups is 1. The zero-order chi connectivity index (χ0) is 20.2. The average Bonchev–Trinajstić information content (AvgIpc) is 2.74. The Hall–Kier alpha value is -2.70. The lowest BCUT2D eigenvalue weighted by atomic mass is 10.1. The van der Waals surface area contributed by atoms with E-state index in [1.165, 1.54) is 0 Å². The van der Waals surface area contributed by atoms with Gasteiger partial charge in [0.25, 0.3) is 0 Å². The highest BCUT2D eigenvalue weighted by atomic mass is 16.3. The fraction of sp³-hybridized carbons (Fsp3) is 0.391. The first-order valence-corrected chi connectivity index (χ1v) is 10.4. The molecule has 6 nitrogen and oxygen atoms in total. The maximum absolute atomic E-state index is 10.3. The van der Waals surface area contributed by atoms with Crippen molar-refractivity contribution in [3.8, 4) is 17.1 Å². The van der Waals surface area contributed by atoms with Crippen molar-refractivity contribution < 1.29 is 10.2 Å². The molecule has 0 aliphatic carbocycles. The number of nitrogens with zero attached hydrogens (tertiary/aromatic N) is 4. The Labute approximate surface area is 171 Å². The number of para-hydroxylation sites is 2. The summed E-state index contributed by atoms with van der Waals surface area (Å²) >= 11 is 0.